The van der Waals surface area contributed by atoms with Gasteiger partial charge < -0.3 is 0 Å². The van der Waals surface area contributed by atoms with E-state index in [0.717, 1.165) is 4.90 Å². The molecule has 0 saturated carbocycles. The molecular formula is C10H17N3O3. The van der Waals surface area contributed by atoms with E-state index in [9.17, 15) is 14.4 Å². The number of hydrogen-bond donors (Lipinski definition) is 2. The number of hydrazine groups is 1. The summed E-state index contributed by atoms with van der Waals surface area (Å²) >= 11 is 0. The van der Waals surface area contributed by atoms with E-state index in [1.807, 2.05) is 19.3 Å². The largest absolute Gasteiger partial charge is 0.292 e. The first-order valence-electron chi connectivity index (χ1n) is 5.14. The fourth-order valence-electron chi connectivity index (χ4n) is 1.86. The van der Waals surface area contributed by atoms with E-state index in [4.69, 9.17) is 5.84 Å². The molecule has 1 atom stereocenters. The number of hydrogen-bond acceptors (Lipinski definition) is 4. The van der Waals surface area contributed by atoms with Crippen molar-refractivity contribution in [2.75, 3.05) is 0 Å². The number of likely N-dealkylation sites (tertiary alicyclic amines) is 1. The van der Waals surface area contributed by atoms with Crippen LogP contribution in [0.15, 0.2) is 0 Å². The number of rotatable bonds is 2. The first-order chi connectivity index (χ1) is 7.28. The summed E-state index contributed by atoms with van der Waals surface area (Å²) < 4.78 is 0. The van der Waals surface area contributed by atoms with Crippen molar-refractivity contribution in [3.8, 4) is 0 Å². The quantitative estimate of drug-likeness (QED) is 0.289. The van der Waals surface area contributed by atoms with Gasteiger partial charge in [0.1, 0.15) is 6.04 Å². The molecule has 90 valence electrons. The minimum Gasteiger partial charge on any atom is -0.292 e. The molecule has 0 radical (unpaired) electrons. The molecule has 0 bridgehead atoms. The normalized spacial score (nSPS) is 21.9. The van der Waals surface area contributed by atoms with Gasteiger partial charge in [-0.3, -0.25) is 24.7 Å². The Labute approximate surface area is 94.1 Å². The van der Waals surface area contributed by atoms with Crippen LogP contribution in [-0.2, 0) is 14.4 Å². The molecule has 0 aliphatic carbocycles. The van der Waals surface area contributed by atoms with E-state index in [0.29, 0.717) is 0 Å². The Bertz CT molecular complexity index is 318. The third-order valence-electron chi connectivity index (χ3n) is 2.71. The summed E-state index contributed by atoms with van der Waals surface area (Å²) in [6, 6.07) is -0.846. The molecule has 1 rings (SSSR count). The van der Waals surface area contributed by atoms with Crippen molar-refractivity contribution in [3.05, 3.63) is 0 Å². The molecule has 3 N–H and O–H groups in total. The summed E-state index contributed by atoms with van der Waals surface area (Å²) in [5, 5.41) is 0. The highest BCUT2D eigenvalue weighted by atomic mass is 16.2. The molecule has 1 unspecified atom stereocenters. The van der Waals surface area contributed by atoms with E-state index in [1.54, 1.807) is 0 Å². The van der Waals surface area contributed by atoms with Crippen molar-refractivity contribution < 1.29 is 14.4 Å². The van der Waals surface area contributed by atoms with Crippen molar-refractivity contribution in [3.63, 3.8) is 0 Å². The molecule has 0 spiro atoms. The van der Waals surface area contributed by atoms with E-state index in [1.165, 1.54) is 6.92 Å². The molecule has 1 aliphatic heterocycles. The molecule has 3 amide bonds. The fourth-order valence-corrected chi connectivity index (χ4v) is 1.86. The van der Waals surface area contributed by atoms with Crippen molar-refractivity contribution in [1.82, 2.24) is 10.3 Å². The average Bonchev–Trinajstić information content (AvgIpc) is 2.13. The van der Waals surface area contributed by atoms with Gasteiger partial charge in [0.05, 0.1) is 0 Å². The highest BCUT2D eigenvalue weighted by Crippen LogP contribution is 2.32. The lowest BCUT2D eigenvalue weighted by molar-refractivity contribution is -0.158. The second-order valence-electron chi connectivity index (χ2n) is 4.86. The molecular weight excluding hydrogens is 210 g/mol. The number of carbonyl (C=O) groups excluding carboxylic acids is 3. The minimum atomic E-state index is -0.846. The summed E-state index contributed by atoms with van der Waals surface area (Å²) in [6.07, 6.45) is 0.530. The van der Waals surface area contributed by atoms with Gasteiger partial charge >= 0.3 is 0 Å². The molecule has 1 heterocycles. The molecule has 6 nitrogen and oxygen atoms in total. The molecule has 16 heavy (non-hydrogen) atoms. The number of amides is 3. The number of nitrogens with zero attached hydrogens (tertiary/aromatic N) is 1. The van der Waals surface area contributed by atoms with Crippen LogP contribution in [0.2, 0.25) is 0 Å². The Morgan fingerprint density at radius 1 is 1.38 bits per heavy atom. The summed E-state index contributed by atoms with van der Waals surface area (Å²) in [5.74, 6) is 3.79. The third kappa shape index (κ3) is 2.38. The Balaban J connectivity index is 2.87. The lowest BCUT2D eigenvalue weighted by Gasteiger charge is -2.36. The number of imide groups is 1. The highest BCUT2D eigenvalue weighted by Gasteiger charge is 2.41. The molecule has 0 aromatic rings. The van der Waals surface area contributed by atoms with E-state index < -0.39 is 11.9 Å². The highest BCUT2D eigenvalue weighted by molar-refractivity contribution is 6.02. The van der Waals surface area contributed by atoms with Crippen LogP contribution in [0.25, 0.3) is 0 Å². The van der Waals surface area contributed by atoms with Gasteiger partial charge in [0.15, 0.2) is 0 Å². The summed E-state index contributed by atoms with van der Waals surface area (Å²) in [6.45, 7) is 5.19. The van der Waals surface area contributed by atoms with Gasteiger partial charge in [0.2, 0.25) is 11.8 Å². The summed E-state index contributed by atoms with van der Waals surface area (Å²) in [7, 11) is 0. The van der Waals surface area contributed by atoms with Crippen molar-refractivity contribution in [2.24, 2.45) is 11.3 Å². The Hall–Kier alpha value is -1.43. The molecule has 0 aromatic heterocycles. The zero-order valence-corrected chi connectivity index (χ0v) is 9.74. The van der Waals surface area contributed by atoms with Crippen LogP contribution in [0.3, 0.4) is 0 Å². The van der Waals surface area contributed by atoms with Crippen LogP contribution in [0.4, 0.5) is 0 Å². The van der Waals surface area contributed by atoms with Gasteiger partial charge in [-0.2, -0.15) is 0 Å². The predicted molar refractivity (Wildman–Crippen MR) is 56.7 cm³/mol. The second-order valence-corrected chi connectivity index (χ2v) is 4.86. The lowest BCUT2D eigenvalue weighted by Crippen LogP contribution is -2.56. The maximum atomic E-state index is 11.8. The van der Waals surface area contributed by atoms with Gasteiger partial charge in [0.25, 0.3) is 5.91 Å². The SMILES string of the molecule is CC(C(=O)NN)N1C(=O)CC(C)(C)CC1=O. The maximum Gasteiger partial charge on any atom is 0.256 e. The Morgan fingerprint density at radius 3 is 2.19 bits per heavy atom. The molecule has 1 aliphatic rings. The second kappa shape index (κ2) is 4.21. The molecule has 6 heteroatoms. The van der Waals surface area contributed by atoms with Gasteiger partial charge in [-0.15, -0.1) is 0 Å². The first-order valence-corrected chi connectivity index (χ1v) is 5.14. The molecule has 0 aromatic carbocycles. The summed E-state index contributed by atoms with van der Waals surface area (Å²) in [4.78, 5) is 35.8. The van der Waals surface area contributed by atoms with Crippen LogP contribution in [0.5, 0.6) is 0 Å². The third-order valence-corrected chi connectivity index (χ3v) is 2.71. The lowest BCUT2D eigenvalue weighted by atomic mass is 9.81. The van der Waals surface area contributed by atoms with Gasteiger partial charge in [-0.05, 0) is 12.3 Å². The maximum absolute atomic E-state index is 11.8. The number of piperidine rings is 1. The van der Waals surface area contributed by atoms with Crippen molar-refractivity contribution >= 4 is 17.7 Å². The zero-order chi connectivity index (χ0) is 12.5. The number of carbonyl (C=O) groups is 3. The van der Waals surface area contributed by atoms with Crippen molar-refractivity contribution in [2.45, 2.75) is 39.7 Å². The van der Waals surface area contributed by atoms with E-state index >= 15 is 0 Å². The van der Waals surface area contributed by atoms with E-state index in [-0.39, 0.29) is 30.1 Å². The van der Waals surface area contributed by atoms with E-state index in [2.05, 4.69) is 0 Å². The van der Waals surface area contributed by atoms with Gasteiger partial charge in [-0.1, -0.05) is 13.8 Å². The zero-order valence-electron chi connectivity index (χ0n) is 9.74. The predicted octanol–water partition coefficient (Wildman–Crippen LogP) is -0.460. The average molecular weight is 227 g/mol. The summed E-state index contributed by atoms with van der Waals surface area (Å²) in [5.41, 5.74) is 1.61. The topological polar surface area (TPSA) is 92.5 Å². The van der Waals surface area contributed by atoms with Crippen LogP contribution >= 0.6 is 0 Å². The fraction of sp³-hybridized carbons (Fsp3) is 0.700. The monoisotopic (exact) mass is 227 g/mol. The number of nitrogens with two attached hydrogens (primary N) is 1. The molecule has 1 saturated heterocycles. The van der Waals surface area contributed by atoms with Crippen LogP contribution < -0.4 is 11.3 Å². The van der Waals surface area contributed by atoms with Gasteiger partial charge in [0, 0.05) is 12.8 Å². The minimum absolute atomic E-state index is 0.265. The van der Waals surface area contributed by atoms with Crippen LogP contribution in [-0.4, -0.2) is 28.7 Å². The smallest absolute Gasteiger partial charge is 0.256 e. The first kappa shape index (κ1) is 12.6. The number of nitrogens with one attached hydrogen (secondary N) is 1. The molecule has 1 fully saturated rings. The Kier molecular flexibility index (Phi) is 3.32. The van der Waals surface area contributed by atoms with Crippen LogP contribution in [0.1, 0.15) is 33.6 Å². The van der Waals surface area contributed by atoms with Crippen molar-refractivity contribution in [1.29, 1.82) is 0 Å². The van der Waals surface area contributed by atoms with Crippen LogP contribution in [0, 0.1) is 5.41 Å². The van der Waals surface area contributed by atoms with Gasteiger partial charge in [-0.25, -0.2) is 5.84 Å². The Morgan fingerprint density at radius 2 is 1.81 bits per heavy atom. The standard InChI is InChI=1S/C10H17N3O3/c1-6(9(16)12-11)13-7(14)4-10(2,3)5-8(13)15/h6H,4-5,11H2,1-3H3,(H,12,16).